The molecule has 1 aromatic rings. The van der Waals surface area contributed by atoms with Crippen LogP contribution in [0.25, 0.3) is 0 Å². The summed E-state index contributed by atoms with van der Waals surface area (Å²) in [5.74, 6) is -0.357. The van der Waals surface area contributed by atoms with Crippen LogP contribution in [0.1, 0.15) is 30.9 Å². The molecule has 0 aromatic heterocycles. The molecule has 2 atom stereocenters. The maximum atomic E-state index is 13.7. The summed E-state index contributed by atoms with van der Waals surface area (Å²) in [5, 5.41) is 0.173. The lowest BCUT2D eigenvalue weighted by molar-refractivity contribution is 0.0286. The molecule has 2 heterocycles. The molecule has 0 spiro atoms. The number of piperazine rings is 1. The van der Waals surface area contributed by atoms with Crippen LogP contribution in [0.3, 0.4) is 0 Å². The van der Waals surface area contributed by atoms with Crippen LogP contribution < -0.4 is 5.73 Å². The van der Waals surface area contributed by atoms with Crippen LogP contribution in [-0.4, -0.2) is 48.6 Å². The quantitative estimate of drug-likeness (QED) is 0.931. The maximum Gasteiger partial charge on any atom is 0.142 e. The highest BCUT2D eigenvalue weighted by atomic mass is 35.5. The largest absolute Gasteiger partial charge is 0.329 e. The number of benzene rings is 1. The maximum absolute atomic E-state index is 13.7. The number of piperidine rings is 1. The number of nitrogens with zero attached hydrogens (tertiary/aromatic N) is 2. The van der Waals surface area contributed by atoms with E-state index in [0.717, 1.165) is 25.2 Å². The van der Waals surface area contributed by atoms with E-state index in [0.29, 0.717) is 12.6 Å². The summed E-state index contributed by atoms with van der Waals surface area (Å²) in [5.41, 5.74) is 6.92. The van der Waals surface area contributed by atoms with Gasteiger partial charge in [0.2, 0.25) is 0 Å². The molecular formula is C16H23ClFN3. The zero-order valence-corrected chi connectivity index (χ0v) is 13.0. The molecule has 3 rings (SSSR count). The van der Waals surface area contributed by atoms with Crippen LogP contribution in [0, 0.1) is 5.82 Å². The minimum atomic E-state index is -0.357. The number of fused-ring (bicyclic) bond motifs is 1. The average molecular weight is 312 g/mol. The lowest BCUT2D eigenvalue weighted by atomic mass is 9.97. The van der Waals surface area contributed by atoms with Gasteiger partial charge in [-0.25, -0.2) is 4.39 Å². The summed E-state index contributed by atoms with van der Waals surface area (Å²) < 4.78 is 13.7. The Morgan fingerprint density at radius 2 is 2.14 bits per heavy atom. The van der Waals surface area contributed by atoms with Crippen LogP contribution in [-0.2, 0) is 0 Å². The molecule has 116 valence electrons. The normalized spacial score (nSPS) is 25.6. The zero-order valence-electron chi connectivity index (χ0n) is 12.3. The molecule has 0 radical (unpaired) electrons. The second-order valence-electron chi connectivity index (χ2n) is 6.11. The molecule has 2 aliphatic rings. The Labute approximate surface area is 130 Å². The summed E-state index contributed by atoms with van der Waals surface area (Å²) in [6.07, 6.45) is 3.90. The fourth-order valence-electron chi connectivity index (χ4n) is 3.68. The highest BCUT2D eigenvalue weighted by molar-refractivity contribution is 6.30. The Morgan fingerprint density at radius 1 is 1.29 bits per heavy atom. The van der Waals surface area contributed by atoms with Crippen LogP contribution in [0.15, 0.2) is 18.2 Å². The summed E-state index contributed by atoms with van der Waals surface area (Å²) >= 11 is 5.78. The summed E-state index contributed by atoms with van der Waals surface area (Å²) in [7, 11) is 0. The van der Waals surface area contributed by atoms with E-state index in [9.17, 15) is 4.39 Å². The minimum Gasteiger partial charge on any atom is -0.329 e. The van der Waals surface area contributed by atoms with Crippen molar-refractivity contribution in [2.45, 2.75) is 31.3 Å². The van der Waals surface area contributed by atoms with Gasteiger partial charge in [-0.3, -0.25) is 9.80 Å². The van der Waals surface area contributed by atoms with E-state index in [1.807, 2.05) is 6.07 Å². The first kappa shape index (κ1) is 15.2. The van der Waals surface area contributed by atoms with Gasteiger partial charge in [-0.05, 0) is 37.1 Å². The van der Waals surface area contributed by atoms with Gasteiger partial charge in [0, 0.05) is 38.3 Å². The Hall–Kier alpha value is -0.680. The third-order valence-electron chi connectivity index (χ3n) is 4.86. The third-order valence-corrected chi connectivity index (χ3v) is 5.17. The molecule has 0 saturated carbocycles. The monoisotopic (exact) mass is 311 g/mol. The van der Waals surface area contributed by atoms with Gasteiger partial charge in [-0.2, -0.15) is 0 Å². The van der Waals surface area contributed by atoms with Gasteiger partial charge in [0.25, 0.3) is 0 Å². The SMILES string of the molecule is NCC(c1ccc(Cl)c(F)c1)N1CCN2CCCCC2C1. The first-order chi connectivity index (χ1) is 10.2. The van der Waals surface area contributed by atoms with E-state index in [-0.39, 0.29) is 16.9 Å². The Bertz CT molecular complexity index is 496. The van der Waals surface area contributed by atoms with Gasteiger partial charge in [-0.15, -0.1) is 0 Å². The van der Waals surface area contributed by atoms with Crippen molar-refractivity contribution in [1.82, 2.24) is 9.80 Å². The van der Waals surface area contributed by atoms with Crippen LogP contribution >= 0.6 is 11.6 Å². The van der Waals surface area contributed by atoms with Crippen molar-refractivity contribution in [2.24, 2.45) is 5.73 Å². The molecule has 0 amide bonds. The second-order valence-corrected chi connectivity index (χ2v) is 6.51. The number of hydrogen-bond acceptors (Lipinski definition) is 3. The molecule has 3 nitrogen and oxygen atoms in total. The molecule has 2 N–H and O–H groups in total. The molecule has 2 aliphatic heterocycles. The highest BCUT2D eigenvalue weighted by Crippen LogP contribution is 2.28. The standard InChI is InChI=1S/C16H23ClFN3/c17-14-5-4-12(9-15(14)18)16(10-19)21-8-7-20-6-2-1-3-13(20)11-21/h4-5,9,13,16H,1-3,6-8,10-11,19H2. The average Bonchev–Trinajstić information content (AvgIpc) is 2.51. The van der Waals surface area contributed by atoms with E-state index < -0.39 is 0 Å². The number of halogens is 2. The van der Waals surface area contributed by atoms with E-state index in [1.165, 1.54) is 31.9 Å². The molecule has 5 heteroatoms. The molecule has 0 bridgehead atoms. The lowest BCUT2D eigenvalue weighted by Gasteiger charge is -2.46. The Balaban J connectivity index is 1.75. The van der Waals surface area contributed by atoms with Crippen molar-refractivity contribution in [3.63, 3.8) is 0 Å². The van der Waals surface area contributed by atoms with Crippen molar-refractivity contribution >= 4 is 11.6 Å². The van der Waals surface area contributed by atoms with Gasteiger partial charge in [0.1, 0.15) is 5.82 Å². The zero-order chi connectivity index (χ0) is 14.8. The van der Waals surface area contributed by atoms with Gasteiger partial charge in [0.15, 0.2) is 0 Å². The highest BCUT2D eigenvalue weighted by Gasteiger charge is 2.32. The fraction of sp³-hybridized carbons (Fsp3) is 0.625. The molecule has 21 heavy (non-hydrogen) atoms. The van der Waals surface area contributed by atoms with Gasteiger partial charge in [-0.1, -0.05) is 24.1 Å². The Morgan fingerprint density at radius 3 is 2.90 bits per heavy atom. The van der Waals surface area contributed by atoms with Crippen molar-refractivity contribution < 1.29 is 4.39 Å². The molecule has 2 unspecified atom stereocenters. The van der Waals surface area contributed by atoms with Crippen LogP contribution in [0.5, 0.6) is 0 Å². The first-order valence-corrected chi connectivity index (χ1v) is 8.20. The van der Waals surface area contributed by atoms with Crippen molar-refractivity contribution in [2.75, 3.05) is 32.7 Å². The van der Waals surface area contributed by atoms with Gasteiger partial charge < -0.3 is 5.73 Å². The summed E-state index contributed by atoms with van der Waals surface area (Å²) in [4.78, 5) is 5.01. The predicted octanol–water partition coefficient (Wildman–Crippen LogP) is 2.65. The van der Waals surface area contributed by atoms with E-state index in [2.05, 4.69) is 9.80 Å². The topological polar surface area (TPSA) is 32.5 Å². The second kappa shape index (κ2) is 6.61. The molecular weight excluding hydrogens is 289 g/mol. The third kappa shape index (κ3) is 3.24. The van der Waals surface area contributed by atoms with Gasteiger partial charge in [0.05, 0.1) is 5.02 Å². The minimum absolute atomic E-state index is 0.0841. The molecule has 1 aromatic carbocycles. The molecule has 2 saturated heterocycles. The lowest BCUT2D eigenvalue weighted by Crippen LogP contribution is -2.56. The molecule has 0 aliphatic carbocycles. The van der Waals surface area contributed by atoms with Crippen molar-refractivity contribution in [3.8, 4) is 0 Å². The van der Waals surface area contributed by atoms with E-state index in [1.54, 1.807) is 6.07 Å². The van der Waals surface area contributed by atoms with E-state index >= 15 is 0 Å². The predicted molar refractivity (Wildman–Crippen MR) is 84.0 cm³/mol. The fourth-order valence-corrected chi connectivity index (χ4v) is 3.80. The Kier molecular flexibility index (Phi) is 4.79. The smallest absolute Gasteiger partial charge is 0.142 e. The number of rotatable bonds is 3. The number of nitrogens with two attached hydrogens (primary N) is 1. The van der Waals surface area contributed by atoms with Crippen molar-refractivity contribution in [3.05, 3.63) is 34.6 Å². The van der Waals surface area contributed by atoms with Crippen LogP contribution in [0.4, 0.5) is 4.39 Å². The summed E-state index contributed by atoms with van der Waals surface area (Å²) in [6.45, 7) is 4.86. The van der Waals surface area contributed by atoms with Crippen molar-refractivity contribution in [1.29, 1.82) is 0 Å². The van der Waals surface area contributed by atoms with Gasteiger partial charge >= 0.3 is 0 Å². The first-order valence-electron chi connectivity index (χ1n) is 7.82. The van der Waals surface area contributed by atoms with Crippen LogP contribution in [0.2, 0.25) is 5.02 Å². The number of hydrogen-bond donors (Lipinski definition) is 1. The van der Waals surface area contributed by atoms with E-state index in [4.69, 9.17) is 17.3 Å². The summed E-state index contributed by atoms with van der Waals surface area (Å²) in [6, 6.07) is 5.79. The molecule has 2 fully saturated rings.